The molecular formula is C23H23N3O2. The Morgan fingerprint density at radius 3 is 2.46 bits per heavy atom. The number of nitrogens with zero attached hydrogens (tertiary/aromatic N) is 2. The van der Waals surface area contributed by atoms with Crippen LogP contribution >= 0.6 is 0 Å². The smallest absolute Gasteiger partial charge is 0.225 e. The van der Waals surface area contributed by atoms with Crippen LogP contribution in [0.4, 0.5) is 5.82 Å². The predicted octanol–water partition coefficient (Wildman–Crippen LogP) is 4.84. The van der Waals surface area contributed by atoms with Crippen molar-refractivity contribution in [2.24, 2.45) is 0 Å². The molecule has 1 amide bonds. The molecule has 0 saturated carbocycles. The van der Waals surface area contributed by atoms with Crippen molar-refractivity contribution in [3.05, 3.63) is 77.6 Å². The van der Waals surface area contributed by atoms with E-state index < -0.39 is 0 Å². The number of aryl methyl sites for hydroxylation is 1. The fourth-order valence-electron chi connectivity index (χ4n) is 2.74. The molecule has 3 aromatic rings. The number of allylic oxidation sites excluding steroid dienone is 1. The van der Waals surface area contributed by atoms with Crippen LogP contribution in [0.5, 0.6) is 5.75 Å². The summed E-state index contributed by atoms with van der Waals surface area (Å²) in [6, 6.07) is 16.7. The molecule has 0 unspecified atom stereocenters. The number of hydrogen-bond donors (Lipinski definition) is 2. The number of carbonyl (C=O) groups is 1. The van der Waals surface area contributed by atoms with Crippen molar-refractivity contribution in [3.63, 3.8) is 0 Å². The van der Waals surface area contributed by atoms with Crippen LogP contribution in [0.25, 0.3) is 17.3 Å². The van der Waals surface area contributed by atoms with Crippen LogP contribution in [0.15, 0.2) is 66.4 Å². The van der Waals surface area contributed by atoms with Crippen molar-refractivity contribution >= 4 is 17.8 Å². The van der Waals surface area contributed by atoms with Crippen molar-refractivity contribution in [1.29, 1.82) is 0 Å². The van der Waals surface area contributed by atoms with E-state index in [4.69, 9.17) is 0 Å². The first-order valence-electron chi connectivity index (χ1n) is 9.16. The number of benzene rings is 2. The topological polar surface area (TPSA) is 75.1 Å². The van der Waals surface area contributed by atoms with E-state index in [0.29, 0.717) is 30.0 Å². The van der Waals surface area contributed by atoms with Gasteiger partial charge in [0.25, 0.3) is 0 Å². The number of anilines is 1. The molecule has 1 heterocycles. The molecule has 3 rings (SSSR count). The Hall–Kier alpha value is -3.47. The first-order valence-corrected chi connectivity index (χ1v) is 9.16. The fourth-order valence-corrected chi connectivity index (χ4v) is 2.74. The van der Waals surface area contributed by atoms with Crippen LogP contribution in [-0.4, -0.2) is 21.0 Å². The largest absolute Gasteiger partial charge is 0.508 e. The number of nitrogens with one attached hydrogen (secondary N) is 1. The molecule has 0 saturated heterocycles. The van der Waals surface area contributed by atoms with Crippen molar-refractivity contribution in [1.82, 2.24) is 9.97 Å². The molecule has 0 atom stereocenters. The molecule has 28 heavy (non-hydrogen) atoms. The summed E-state index contributed by atoms with van der Waals surface area (Å²) in [6.45, 7) is 3.94. The van der Waals surface area contributed by atoms with E-state index in [-0.39, 0.29) is 11.7 Å². The zero-order valence-electron chi connectivity index (χ0n) is 16.0. The van der Waals surface area contributed by atoms with Gasteiger partial charge in [-0.25, -0.2) is 9.97 Å². The normalized spacial score (nSPS) is 10.4. The summed E-state index contributed by atoms with van der Waals surface area (Å²) in [6.07, 6.45) is 4.56. The summed E-state index contributed by atoms with van der Waals surface area (Å²) in [5.74, 6) is 0.546. The summed E-state index contributed by atoms with van der Waals surface area (Å²) in [4.78, 5) is 21.5. The van der Waals surface area contributed by atoms with Crippen LogP contribution in [0, 0.1) is 0 Å². The lowest BCUT2D eigenvalue weighted by atomic mass is 10.1. The van der Waals surface area contributed by atoms with Gasteiger partial charge in [0.1, 0.15) is 11.4 Å². The van der Waals surface area contributed by atoms with E-state index in [1.165, 1.54) is 0 Å². The Kier molecular flexibility index (Phi) is 6.17. The molecule has 2 aromatic carbocycles. The van der Waals surface area contributed by atoms with Gasteiger partial charge in [-0.1, -0.05) is 35.9 Å². The van der Waals surface area contributed by atoms with Gasteiger partial charge in [-0.15, -0.1) is 0 Å². The highest BCUT2D eigenvalue weighted by Gasteiger charge is 2.11. The second kappa shape index (κ2) is 8.95. The van der Waals surface area contributed by atoms with E-state index in [0.717, 1.165) is 16.7 Å². The van der Waals surface area contributed by atoms with E-state index in [1.807, 2.05) is 50.3 Å². The number of aromatic nitrogens is 2. The first-order chi connectivity index (χ1) is 13.5. The summed E-state index contributed by atoms with van der Waals surface area (Å²) in [7, 11) is 0. The Balaban J connectivity index is 1.78. The van der Waals surface area contributed by atoms with Gasteiger partial charge in [-0.3, -0.25) is 4.79 Å². The molecule has 0 radical (unpaired) electrons. The minimum absolute atomic E-state index is 0.0982. The van der Waals surface area contributed by atoms with E-state index in [2.05, 4.69) is 15.3 Å². The van der Waals surface area contributed by atoms with Gasteiger partial charge in [0.15, 0.2) is 5.82 Å². The third-order valence-corrected chi connectivity index (χ3v) is 4.13. The van der Waals surface area contributed by atoms with Crippen LogP contribution < -0.4 is 5.32 Å². The molecule has 2 N–H and O–H groups in total. The van der Waals surface area contributed by atoms with Crippen molar-refractivity contribution in [2.75, 3.05) is 5.32 Å². The van der Waals surface area contributed by atoms with E-state index >= 15 is 0 Å². The molecule has 0 aliphatic carbocycles. The molecule has 0 aliphatic heterocycles. The Morgan fingerprint density at radius 2 is 1.79 bits per heavy atom. The van der Waals surface area contributed by atoms with Crippen LogP contribution in [0.1, 0.15) is 31.5 Å². The third-order valence-electron chi connectivity index (χ3n) is 4.13. The zero-order valence-corrected chi connectivity index (χ0v) is 16.0. The minimum atomic E-state index is -0.0982. The number of rotatable bonds is 6. The monoisotopic (exact) mass is 373 g/mol. The lowest BCUT2D eigenvalue weighted by Crippen LogP contribution is -2.15. The molecule has 0 spiro atoms. The average Bonchev–Trinajstić information content (AvgIpc) is 2.69. The lowest BCUT2D eigenvalue weighted by molar-refractivity contribution is -0.116. The quantitative estimate of drug-likeness (QED) is 0.648. The van der Waals surface area contributed by atoms with Gasteiger partial charge in [0, 0.05) is 12.0 Å². The van der Waals surface area contributed by atoms with Crippen molar-refractivity contribution < 1.29 is 9.90 Å². The maximum atomic E-state index is 12.4. The van der Waals surface area contributed by atoms with E-state index in [9.17, 15) is 9.90 Å². The third kappa shape index (κ3) is 5.27. The molecule has 0 fully saturated rings. The van der Waals surface area contributed by atoms with E-state index in [1.54, 1.807) is 30.5 Å². The number of aromatic hydroxyl groups is 1. The number of amides is 1. The number of hydrogen-bond acceptors (Lipinski definition) is 4. The molecule has 5 nitrogen and oxygen atoms in total. The summed E-state index contributed by atoms with van der Waals surface area (Å²) in [5.41, 5.74) is 4.30. The van der Waals surface area contributed by atoms with Crippen molar-refractivity contribution in [2.45, 2.75) is 26.7 Å². The van der Waals surface area contributed by atoms with Crippen LogP contribution in [0.2, 0.25) is 0 Å². The van der Waals surface area contributed by atoms with Gasteiger partial charge in [-0.05, 0) is 56.2 Å². The first kappa shape index (κ1) is 19.3. The molecule has 0 bridgehead atoms. The van der Waals surface area contributed by atoms with Gasteiger partial charge in [0.2, 0.25) is 5.91 Å². The van der Waals surface area contributed by atoms with Gasteiger partial charge < -0.3 is 10.4 Å². The maximum Gasteiger partial charge on any atom is 0.225 e. The standard InChI is InChI=1S/C23H23N3O2/c1-16(2)14-20-23(26-22(28)13-8-17-6-4-3-5-7-17)24-15-21(25-20)18-9-11-19(27)12-10-18/h3-7,9-12,14-15,27H,8,13H2,1-2H3,(H,24,26,28). The molecule has 5 heteroatoms. The maximum absolute atomic E-state index is 12.4. The highest BCUT2D eigenvalue weighted by atomic mass is 16.3. The Morgan fingerprint density at radius 1 is 1.07 bits per heavy atom. The number of phenols is 1. The molecular weight excluding hydrogens is 350 g/mol. The minimum Gasteiger partial charge on any atom is -0.508 e. The van der Waals surface area contributed by atoms with Crippen molar-refractivity contribution in [3.8, 4) is 17.0 Å². The number of phenolic OH excluding ortho intramolecular Hbond substituents is 1. The Bertz CT molecular complexity index is 976. The van der Waals surface area contributed by atoms with Gasteiger partial charge in [-0.2, -0.15) is 0 Å². The predicted molar refractivity (Wildman–Crippen MR) is 112 cm³/mol. The number of carbonyl (C=O) groups excluding carboxylic acids is 1. The zero-order chi connectivity index (χ0) is 19.9. The highest BCUT2D eigenvalue weighted by Crippen LogP contribution is 2.23. The average molecular weight is 373 g/mol. The molecule has 0 aliphatic rings. The van der Waals surface area contributed by atoms with Gasteiger partial charge in [0.05, 0.1) is 11.9 Å². The second-order valence-electron chi connectivity index (χ2n) is 6.79. The second-order valence-corrected chi connectivity index (χ2v) is 6.79. The Labute approximate surface area is 164 Å². The van der Waals surface area contributed by atoms with Gasteiger partial charge >= 0.3 is 0 Å². The summed E-state index contributed by atoms with van der Waals surface area (Å²) >= 11 is 0. The fraction of sp³-hybridized carbons (Fsp3) is 0.174. The molecule has 142 valence electrons. The summed E-state index contributed by atoms with van der Waals surface area (Å²) < 4.78 is 0. The highest BCUT2D eigenvalue weighted by molar-refractivity contribution is 5.91. The molecule has 1 aromatic heterocycles. The van der Waals surface area contributed by atoms with Crippen LogP contribution in [-0.2, 0) is 11.2 Å². The summed E-state index contributed by atoms with van der Waals surface area (Å²) in [5, 5.41) is 12.3. The SMILES string of the molecule is CC(C)=Cc1nc(-c2ccc(O)cc2)cnc1NC(=O)CCc1ccccc1. The van der Waals surface area contributed by atoms with Crippen LogP contribution in [0.3, 0.4) is 0 Å². The lowest BCUT2D eigenvalue weighted by Gasteiger charge is -2.10.